The van der Waals surface area contributed by atoms with Gasteiger partial charge in [0.05, 0.1) is 5.92 Å². The zero-order chi connectivity index (χ0) is 8.31. The van der Waals surface area contributed by atoms with Gasteiger partial charge < -0.3 is 15.9 Å². The lowest BCUT2D eigenvalue weighted by Crippen LogP contribution is -2.40. The molecule has 2 atom stereocenters. The van der Waals surface area contributed by atoms with E-state index in [1.165, 1.54) is 6.92 Å². The third-order valence-electron chi connectivity index (χ3n) is 1.21. The molecular formula is C5H10ClNO4. The van der Waals surface area contributed by atoms with Crippen molar-refractivity contribution in [3.8, 4) is 0 Å². The summed E-state index contributed by atoms with van der Waals surface area (Å²) >= 11 is 0. The lowest BCUT2D eigenvalue weighted by molar-refractivity contribution is -0.149. The predicted molar refractivity (Wildman–Crippen MR) is 39.7 cm³/mol. The highest BCUT2D eigenvalue weighted by Gasteiger charge is 2.25. The van der Waals surface area contributed by atoms with Crippen molar-refractivity contribution in [3.63, 3.8) is 0 Å². The van der Waals surface area contributed by atoms with Crippen LogP contribution in [-0.4, -0.2) is 28.2 Å². The molecule has 0 aromatic rings. The molecule has 5 nitrogen and oxygen atoms in total. The topological polar surface area (TPSA) is 101 Å². The van der Waals surface area contributed by atoms with E-state index in [2.05, 4.69) is 0 Å². The van der Waals surface area contributed by atoms with Gasteiger partial charge in [0.25, 0.3) is 0 Å². The first-order valence-electron chi connectivity index (χ1n) is 2.68. The van der Waals surface area contributed by atoms with Crippen molar-refractivity contribution in [1.82, 2.24) is 0 Å². The zero-order valence-electron chi connectivity index (χ0n) is 5.85. The fraction of sp³-hybridized carbons (Fsp3) is 0.600. The maximum Gasteiger partial charge on any atom is 0.321 e. The molecule has 0 saturated heterocycles. The summed E-state index contributed by atoms with van der Waals surface area (Å²) < 4.78 is 0. The second-order valence-corrected chi connectivity index (χ2v) is 1.99. The first-order chi connectivity index (χ1) is 4.46. The molecule has 0 heterocycles. The van der Waals surface area contributed by atoms with Crippen LogP contribution in [0.3, 0.4) is 0 Å². The molecule has 66 valence electrons. The minimum atomic E-state index is -1.32. The van der Waals surface area contributed by atoms with Gasteiger partial charge in [0.1, 0.15) is 6.04 Å². The fourth-order valence-corrected chi connectivity index (χ4v) is 0.367. The van der Waals surface area contributed by atoms with E-state index in [9.17, 15) is 9.59 Å². The Bertz CT molecular complexity index is 143. The van der Waals surface area contributed by atoms with Crippen LogP contribution >= 0.6 is 12.4 Å². The summed E-state index contributed by atoms with van der Waals surface area (Å²) in [4.78, 5) is 20.2. The van der Waals surface area contributed by atoms with Crippen molar-refractivity contribution in [1.29, 1.82) is 0 Å². The second kappa shape index (κ2) is 4.92. The molecule has 0 aliphatic carbocycles. The van der Waals surface area contributed by atoms with Gasteiger partial charge in [-0.05, 0) is 6.92 Å². The molecule has 0 aliphatic rings. The van der Waals surface area contributed by atoms with E-state index in [0.29, 0.717) is 0 Å². The van der Waals surface area contributed by atoms with Crippen LogP contribution in [0.15, 0.2) is 0 Å². The molecule has 1 unspecified atom stereocenters. The number of hydrogen-bond donors (Lipinski definition) is 3. The Morgan fingerprint density at radius 3 is 1.73 bits per heavy atom. The highest BCUT2D eigenvalue weighted by atomic mass is 35.5. The Labute approximate surface area is 69.6 Å². The highest BCUT2D eigenvalue weighted by molar-refractivity contribution is 5.85. The van der Waals surface area contributed by atoms with Crippen LogP contribution in [0.2, 0.25) is 0 Å². The van der Waals surface area contributed by atoms with Crippen LogP contribution < -0.4 is 5.73 Å². The molecule has 0 spiro atoms. The first kappa shape index (κ1) is 12.8. The first-order valence-corrected chi connectivity index (χ1v) is 2.68. The SMILES string of the molecule is CC(C(=O)O)[C@H](N)C(=O)O.Cl. The van der Waals surface area contributed by atoms with Gasteiger partial charge in [-0.3, -0.25) is 9.59 Å². The number of halogens is 1. The van der Waals surface area contributed by atoms with Gasteiger partial charge in [-0.1, -0.05) is 0 Å². The average Bonchev–Trinajstić information content (AvgIpc) is 1.84. The quantitative estimate of drug-likeness (QED) is 0.550. The summed E-state index contributed by atoms with van der Waals surface area (Å²) in [5.74, 6) is -3.54. The molecule has 11 heavy (non-hydrogen) atoms. The Balaban J connectivity index is 0. The fourth-order valence-electron chi connectivity index (χ4n) is 0.367. The minimum absolute atomic E-state index is 0. The summed E-state index contributed by atoms with van der Waals surface area (Å²) in [6.45, 7) is 1.25. The number of carboxylic acids is 2. The lowest BCUT2D eigenvalue weighted by atomic mass is 10.0. The molecular weight excluding hydrogens is 174 g/mol. The van der Waals surface area contributed by atoms with Gasteiger partial charge in [0.15, 0.2) is 0 Å². The molecule has 0 bridgehead atoms. The van der Waals surface area contributed by atoms with E-state index in [1.807, 2.05) is 0 Å². The highest BCUT2D eigenvalue weighted by Crippen LogP contribution is 1.99. The number of carbonyl (C=O) groups is 2. The van der Waals surface area contributed by atoms with Gasteiger partial charge in [-0.2, -0.15) is 0 Å². The Morgan fingerprint density at radius 2 is 1.64 bits per heavy atom. The van der Waals surface area contributed by atoms with E-state index >= 15 is 0 Å². The molecule has 0 amide bonds. The van der Waals surface area contributed by atoms with E-state index in [4.69, 9.17) is 15.9 Å². The van der Waals surface area contributed by atoms with Gasteiger partial charge in [-0.25, -0.2) is 0 Å². The summed E-state index contributed by atoms with van der Waals surface area (Å²) in [6, 6.07) is -1.32. The molecule has 0 fully saturated rings. The normalized spacial score (nSPS) is 14.4. The van der Waals surface area contributed by atoms with Gasteiger partial charge >= 0.3 is 11.9 Å². The van der Waals surface area contributed by atoms with Gasteiger partial charge in [-0.15, -0.1) is 12.4 Å². The summed E-state index contributed by atoms with van der Waals surface area (Å²) in [5, 5.41) is 16.5. The third kappa shape index (κ3) is 3.79. The molecule has 0 aromatic carbocycles. The van der Waals surface area contributed by atoms with E-state index in [-0.39, 0.29) is 12.4 Å². The largest absolute Gasteiger partial charge is 0.481 e. The van der Waals surface area contributed by atoms with Crippen molar-refractivity contribution in [2.24, 2.45) is 11.7 Å². The summed E-state index contributed by atoms with van der Waals surface area (Å²) in [7, 11) is 0. The molecule has 4 N–H and O–H groups in total. The molecule has 0 saturated carbocycles. The van der Waals surface area contributed by atoms with Crippen molar-refractivity contribution < 1.29 is 19.8 Å². The molecule has 0 aliphatic heterocycles. The van der Waals surface area contributed by atoms with Crippen molar-refractivity contribution in [3.05, 3.63) is 0 Å². The molecule has 0 rings (SSSR count). The van der Waals surface area contributed by atoms with Crippen LogP contribution in [-0.2, 0) is 9.59 Å². The Morgan fingerprint density at radius 1 is 1.27 bits per heavy atom. The number of hydrogen-bond acceptors (Lipinski definition) is 3. The van der Waals surface area contributed by atoms with Crippen LogP contribution in [0.4, 0.5) is 0 Å². The third-order valence-corrected chi connectivity index (χ3v) is 1.21. The number of nitrogens with two attached hydrogens (primary N) is 1. The summed E-state index contributed by atoms with van der Waals surface area (Å²) in [6.07, 6.45) is 0. The predicted octanol–water partition coefficient (Wildman–Crippen LogP) is -0.459. The average molecular weight is 184 g/mol. The second-order valence-electron chi connectivity index (χ2n) is 1.99. The van der Waals surface area contributed by atoms with Crippen molar-refractivity contribution in [2.75, 3.05) is 0 Å². The summed E-state index contributed by atoms with van der Waals surface area (Å²) in [5.41, 5.74) is 4.98. The maximum atomic E-state index is 10.1. The number of carboxylic acid groups (broad SMARTS) is 2. The Kier molecular flexibility index (Phi) is 5.74. The van der Waals surface area contributed by atoms with E-state index < -0.39 is 23.9 Å². The van der Waals surface area contributed by atoms with Gasteiger partial charge in [0, 0.05) is 0 Å². The van der Waals surface area contributed by atoms with Gasteiger partial charge in [0.2, 0.25) is 0 Å². The van der Waals surface area contributed by atoms with Crippen LogP contribution in [0.25, 0.3) is 0 Å². The Hall–Kier alpha value is -0.810. The van der Waals surface area contributed by atoms with E-state index in [0.717, 1.165) is 0 Å². The number of rotatable bonds is 3. The van der Waals surface area contributed by atoms with Crippen molar-refractivity contribution in [2.45, 2.75) is 13.0 Å². The van der Waals surface area contributed by atoms with Crippen LogP contribution in [0.5, 0.6) is 0 Å². The zero-order valence-corrected chi connectivity index (χ0v) is 6.67. The number of aliphatic carboxylic acids is 2. The van der Waals surface area contributed by atoms with Crippen LogP contribution in [0.1, 0.15) is 6.92 Å². The minimum Gasteiger partial charge on any atom is -0.481 e. The van der Waals surface area contributed by atoms with Crippen LogP contribution in [0, 0.1) is 5.92 Å². The molecule has 0 radical (unpaired) electrons. The smallest absolute Gasteiger partial charge is 0.321 e. The van der Waals surface area contributed by atoms with Crippen molar-refractivity contribution >= 4 is 24.3 Å². The standard InChI is InChI=1S/C5H9NO4.ClH/c1-2(4(7)8)3(6)5(9)10;/h2-3H,6H2,1H3,(H,7,8)(H,9,10);1H/t2?,3-;/m0./s1. The lowest BCUT2D eigenvalue weighted by Gasteiger charge is -2.09. The monoisotopic (exact) mass is 183 g/mol. The van der Waals surface area contributed by atoms with E-state index in [1.54, 1.807) is 0 Å². The maximum absolute atomic E-state index is 10.1. The molecule has 6 heteroatoms. The molecule has 0 aromatic heterocycles.